The zero-order valence-electron chi connectivity index (χ0n) is 22.6. The predicted molar refractivity (Wildman–Crippen MR) is 158 cm³/mol. The second-order valence-corrected chi connectivity index (χ2v) is 14.4. The predicted octanol–water partition coefficient (Wildman–Crippen LogP) is 6.10. The van der Waals surface area contributed by atoms with Crippen molar-refractivity contribution >= 4 is 50.8 Å². The standard InChI is InChI=1S/C30H29Cl2N3O6S/c31-23-2-1-3-24(32)25(23)27-26(28(41-33-27)16-4-5-16)30(37)40-21-14-19-10-11-20(15-21)35(19)18-8-6-17(7-9-18)29(36)34-42(38,39)22-12-13-22/h1-3,6-9,16,19-22H,4-5,10-15H2,(H,34,36)/t19-,20+,21?. The number of rotatable bonds is 8. The zero-order chi connectivity index (χ0) is 29.2. The lowest BCUT2D eigenvalue weighted by molar-refractivity contribution is 0.0202. The molecular formula is C30H29Cl2N3O6S. The number of carbonyl (C=O) groups is 2. The second kappa shape index (κ2) is 10.6. The maximum absolute atomic E-state index is 13.7. The third-order valence-electron chi connectivity index (χ3n) is 8.66. The number of fused-ring (bicyclic) bond motifs is 2. The van der Waals surface area contributed by atoms with Crippen LogP contribution in [0.1, 0.15) is 83.8 Å². The number of halogens is 2. The number of sulfonamides is 1. The van der Waals surface area contributed by atoms with Gasteiger partial charge in [0.05, 0.1) is 15.3 Å². The summed E-state index contributed by atoms with van der Waals surface area (Å²) in [5.74, 6) is -0.426. The quantitative estimate of drug-likeness (QED) is 0.297. The number of amides is 1. The molecule has 0 spiro atoms. The van der Waals surface area contributed by atoms with Crippen molar-refractivity contribution in [1.29, 1.82) is 0 Å². The maximum atomic E-state index is 13.7. The van der Waals surface area contributed by atoms with E-state index in [-0.39, 0.29) is 24.1 Å². The number of nitrogens with one attached hydrogen (secondary N) is 1. The Morgan fingerprint density at radius 3 is 2.17 bits per heavy atom. The molecule has 1 unspecified atom stereocenters. The number of hydrogen-bond acceptors (Lipinski definition) is 8. The van der Waals surface area contributed by atoms with Gasteiger partial charge in [-0.3, -0.25) is 4.79 Å². The molecule has 220 valence electrons. The first kappa shape index (κ1) is 27.7. The molecule has 2 aliphatic heterocycles. The first-order valence-electron chi connectivity index (χ1n) is 14.3. The summed E-state index contributed by atoms with van der Waals surface area (Å²) in [4.78, 5) is 28.5. The Morgan fingerprint density at radius 2 is 1.57 bits per heavy atom. The van der Waals surface area contributed by atoms with Crippen LogP contribution in [0.5, 0.6) is 0 Å². The van der Waals surface area contributed by atoms with E-state index in [1.165, 1.54) is 0 Å². The van der Waals surface area contributed by atoms with Crippen molar-refractivity contribution in [2.75, 3.05) is 4.90 Å². The zero-order valence-corrected chi connectivity index (χ0v) is 24.9. The number of piperidine rings is 1. The molecule has 9 nitrogen and oxygen atoms in total. The van der Waals surface area contributed by atoms with Crippen molar-refractivity contribution in [2.45, 2.75) is 80.7 Å². The molecule has 1 amide bonds. The highest BCUT2D eigenvalue weighted by Crippen LogP contribution is 2.47. The van der Waals surface area contributed by atoms with Crippen LogP contribution >= 0.6 is 23.2 Å². The van der Waals surface area contributed by atoms with Crippen molar-refractivity contribution in [2.24, 2.45) is 0 Å². The van der Waals surface area contributed by atoms with Gasteiger partial charge in [-0.1, -0.05) is 34.4 Å². The van der Waals surface area contributed by atoms with Gasteiger partial charge in [-0.25, -0.2) is 17.9 Å². The monoisotopic (exact) mass is 629 g/mol. The van der Waals surface area contributed by atoms with Crippen LogP contribution in [0.2, 0.25) is 10.0 Å². The summed E-state index contributed by atoms with van der Waals surface area (Å²) in [6, 6.07) is 12.5. The van der Waals surface area contributed by atoms with E-state index < -0.39 is 27.1 Å². The molecule has 3 aromatic rings. The van der Waals surface area contributed by atoms with Crippen LogP contribution in [-0.2, 0) is 14.8 Å². The Hall–Kier alpha value is -3.08. The summed E-state index contributed by atoms with van der Waals surface area (Å²) in [6.07, 6.45) is 5.99. The number of hydrogen-bond donors (Lipinski definition) is 1. The van der Waals surface area contributed by atoms with E-state index in [2.05, 4.69) is 14.8 Å². The number of benzene rings is 2. The lowest BCUT2D eigenvalue weighted by Crippen LogP contribution is -2.46. The molecule has 4 aliphatic rings. The molecule has 2 saturated carbocycles. The number of nitrogens with zero attached hydrogens (tertiary/aromatic N) is 2. The third kappa shape index (κ3) is 5.18. The fourth-order valence-corrected chi connectivity index (χ4v) is 8.18. The molecule has 3 heterocycles. The van der Waals surface area contributed by atoms with Gasteiger partial charge < -0.3 is 14.2 Å². The van der Waals surface area contributed by atoms with E-state index in [4.69, 9.17) is 32.5 Å². The minimum atomic E-state index is -3.61. The summed E-state index contributed by atoms with van der Waals surface area (Å²) < 4.78 is 38.2. The molecule has 2 aliphatic carbocycles. The molecule has 0 radical (unpaired) electrons. The van der Waals surface area contributed by atoms with Gasteiger partial charge in [0, 0.05) is 47.7 Å². The van der Waals surface area contributed by atoms with Crippen LogP contribution in [-0.4, -0.2) is 48.9 Å². The number of anilines is 1. The maximum Gasteiger partial charge on any atom is 0.344 e. The second-order valence-electron chi connectivity index (χ2n) is 11.7. The number of ether oxygens (including phenoxy) is 1. The number of aromatic nitrogens is 1. The number of carbonyl (C=O) groups excluding carboxylic acids is 2. The average molecular weight is 631 g/mol. The van der Waals surface area contributed by atoms with E-state index in [9.17, 15) is 18.0 Å². The molecule has 1 N–H and O–H groups in total. The topological polar surface area (TPSA) is 119 Å². The van der Waals surface area contributed by atoms with E-state index in [1.54, 1.807) is 30.3 Å². The Balaban J connectivity index is 1.06. The summed E-state index contributed by atoms with van der Waals surface area (Å²) >= 11 is 12.9. The smallest absolute Gasteiger partial charge is 0.344 e. The van der Waals surface area contributed by atoms with E-state index in [0.717, 1.165) is 31.4 Å². The van der Waals surface area contributed by atoms with Gasteiger partial charge in [0.2, 0.25) is 10.0 Å². The van der Waals surface area contributed by atoms with E-state index in [0.29, 0.717) is 63.9 Å². The Bertz CT molecular complexity index is 1630. The molecule has 2 saturated heterocycles. The fraction of sp³-hybridized carbons (Fsp3) is 0.433. The van der Waals surface area contributed by atoms with Gasteiger partial charge in [0.25, 0.3) is 5.91 Å². The largest absolute Gasteiger partial charge is 0.458 e. The lowest BCUT2D eigenvalue weighted by atomic mass is 9.98. The highest BCUT2D eigenvalue weighted by molar-refractivity contribution is 7.91. The van der Waals surface area contributed by atoms with Gasteiger partial charge in [0.15, 0.2) is 5.76 Å². The van der Waals surface area contributed by atoms with Crippen molar-refractivity contribution in [3.05, 3.63) is 69.4 Å². The Morgan fingerprint density at radius 1 is 0.929 bits per heavy atom. The molecule has 12 heteroatoms. The van der Waals surface area contributed by atoms with E-state index in [1.807, 2.05) is 12.1 Å². The molecule has 42 heavy (non-hydrogen) atoms. The van der Waals surface area contributed by atoms with Crippen LogP contribution < -0.4 is 9.62 Å². The summed E-state index contributed by atoms with van der Waals surface area (Å²) in [5.41, 5.74) is 2.33. The van der Waals surface area contributed by atoms with Gasteiger partial charge in [-0.15, -0.1) is 0 Å². The molecule has 2 bridgehead atoms. The highest BCUT2D eigenvalue weighted by atomic mass is 35.5. The molecule has 2 aromatic carbocycles. The van der Waals surface area contributed by atoms with Crippen molar-refractivity contribution in [3.8, 4) is 11.3 Å². The molecular weight excluding hydrogens is 601 g/mol. The summed E-state index contributed by atoms with van der Waals surface area (Å²) in [6.45, 7) is 0. The molecule has 1 aromatic heterocycles. The summed E-state index contributed by atoms with van der Waals surface area (Å²) in [5, 5.41) is 4.51. The van der Waals surface area contributed by atoms with E-state index >= 15 is 0 Å². The Labute approximate surface area is 253 Å². The van der Waals surface area contributed by atoms with Crippen LogP contribution in [0.3, 0.4) is 0 Å². The SMILES string of the molecule is O=C(NS(=O)(=O)C1CC1)c1ccc(N2[C@@H]3CC[C@H]2CC(OC(=O)c2c(-c4c(Cl)cccc4Cl)noc2C2CC2)C3)cc1. The lowest BCUT2D eigenvalue weighted by Gasteiger charge is -2.40. The van der Waals surface area contributed by atoms with Crippen LogP contribution in [0, 0.1) is 0 Å². The molecule has 7 rings (SSSR count). The first-order valence-corrected chi connectivity index (χ1v) is 16.6. The van der Waals surface area contributed by atoms with Gasteiger partial charge in [0.1, 0.15) is 17.4 Å². The van der Waals surface area contributed by atoms with Gasteiger partial charge in [-0.05, 0) is 74.9 Å². The van der Waals surface area contributed by atoms with Crippen molar-refractivity contribution in [3.63, 3.8) is 0 Å². The van der Waals surface area contributed by atoms with Gasteiger partial charge >= 0.3 is 5.97 Å². The average Bonchev–Trinajstić information content (AvgIpc) is 3.89. The van der Waals surface area contributed by atoms with Crippen molar-refractivity contribution in [1.82, 2.24) is 9.88 Å². The van der Waals surface area contributed by atoms with Crippen molar-refractivity contribution < 1.29 is 27.3 Å². The normalized spacial score (nSPS) is 23.6. The van der Waals surface area contributed by atoms with Crippen LogP contribution in [0.25, 0.3) is 11.3 Å². The Kier molecular flexibility index (Phi) is 6.98. The first-order chi connectivity index (χ1) is 20.2. The minimum Gasteiger partial charge on any atom is -0.458 e. The molecule has 3 atom stereocenters. The molecule has 4 fully saturated rings. The third-order valence-corrected chi connectivity index (χ3v) is 11.1. The highest BCUT2D eigenvalue weighted by Gasteiger charge is 2.44. The van der Waals surface area contributed by atoms with Crippen LogP contribution in [0.15, 0.2) is 47.0 Å². The minimum absolute atomic E-state index is 0.131. The summed E-state index contributed by atoms with van der Waals surface area (Å²) in [7, 11) is -3.61. The fourth-order valence-electron chi connectivity index (χ4n) is 6.31. The number of esters is 1. The van der Waals surface area contributed by atoms with Crippen LogP contribution in [0.4, 0.5) is 5.69 Å². The van der Waals surface area contributed by atoms with Gasteiger partial charge in [-0.2, -0.15) is 0 Å².